The van der Waals surface area contributed by atoms with E-state index in [0.29, 0.717) is 17.7 Å². The lowest BCUT2D eigenvalue weighted by Crippen LogP contribution is -2.43. The van der Waals surface area contributed by atoms with Crippen LogP contribution in [0.1, 0.15) is 33.1 Å². The summed E-state index contributed by atoms with van der Waals surface area (Å²) in [7, 11) is -1.86. The predicted molar refractivity (Wildman–Crippen MR) is 80.1 cm³/mol. The molecule has 0 saturated heterocycles. The molecule has 0 aromatic carbocycles. The Labute approximate surface area is 121 Å². The van der Waals surface area contributed by atoms with Crippen molar-refractivity contribution in [3.8, 4) is 0 Å². The highest BCUT2D eigenvalue weighted by Gasteiger charge is 2.31. The normalized spacial score (nSPS) is 27.2. The van der Waals surface area contributed by atoms with Crippen LogP contribution in [0.25, 0.3) is 0 Å². The van der Waals surface area contributed by atoms with E-state index in [1.807, 2.05) is 0 Å². The Morgan fingerprint density at radius 3 is 2.75 bits per heavy atom. The Kier molecular flexibility index (Phi) is 4.65. The number of rotatable bonds is 4. The molecule has 20 heavy (non-hydrogen) atoms. The third-order valence-electron chi connectivity index (χ3n) is 4.31. The highest BCUT2D eigenvalue weighted by atomic mass is 32.2. The molecule has 2 rings (SSSR count). The van der Waals surface area contributed by atoms with Gasteiger partial charge in [-0.25, -0.2) is 18.1 Å². The molecular formula is C14H23N3O2S. The average Bonchev–Trinajstić information content (AvgIpc) is 2.43. The summed E-state index contributed by atoms with van der Waals surface area (Å²) in [4.78, 5) is 4.28. The fourth-order valence-electron chi connectivity index (χ4n) is 2.81. The van der Waals surface area contributed by atoms with Crippen molar-refractivity contribution in [2.24, 2.45) is 11.8 Å². The molecule has 3 atom stereocenters. The van der Waals surface area contributed by atoms with Crippen molar-refractivity contribution >= 4 is 15.8 Å². The standard InChI is InChI=1S/C14H23N3O2S/c1-10-6-4-7-12(11(10)2)17-20(18,19)13-8-5-9-16-14(13)15-3/h5,8-12,17H,4,6-7H2,1-3H3,(H,15,16). The number of hydrogen-bond donors (Lipinski definition) is 2. The van der Waals surface area contributed by atoms with E-state index >= 15 is 0 Å². The summed E-state index contributed by atoms with van der Waals surface area (Å²) < 4.78 is 27.9. The molecule has 1 heterocycles. The second kappa shape index (κ2) is 6.10. The fraction of sp³-hybridized carbons (Fsp3) is 0.643. The zero-order valence-corrected chi connectivity index (χ0v) is 13.1. The average molecular weight is 297 g/mol. The molecule has 0 amide bonds. The Balaban J connectivity index is 2.23. The van der Waals surface area contributed by atoms with Crippen LogP contribution >= 0.6 is 0 Å². The molecule has 1 fully saturated rings. The largest absolute Gasteiger partial charge is 0.372 e. The minimum absolute atomic E-state index is 0.00802. The summed E-state index contributed by atoms with van der Waals surface area (Å²) in [5.74, 6) is 1.29. The van der Waals surface area contributed by atoms with Gasteiger partial charge in [-0.2, -0.15) is 0 Å². The Morgan fingerprint density at radius 1 is 1.30 bits per heavy atom. The Hall–Kier alpha value is -1.14. The SMILES string of the molecule is CNc1ncccc1S(=O)(=O)NC1CCCC(C)C1C. The zero-order valence-electron chi connectivity index (χ0n) is 12.3. The van der Waals surface area contributed by atoms with E-state index in [-0.39, 0.29) is 10.9 Å². The molecule has 0 spiro atoms. The molecular weight excluding hydrogens is 274 g/mol. The monoisotopic (exact) mass is 297 g/mol. The van der Waals surface area contributed by atoms with Crippen molar-refractivity contribution in [1.82, 2.24) is 9.71 Å². The molecule has 1 aliphatic carbocycles. The maximum atomic E-state index is 12.5. The zero-order chi connectivity index (χ0) is 14.8. The number of anilines is 1. The van der Waals surface area contributed by atoms with Crippen LogP contribution in [-0.2, 0) is 10.0 Å². The van der Waals surface area contributed by atoms with Gasteiger partial charge in [0, 0.05) is 19.3 Å². The second-order valence-corrected chi connectivity index (χ2v) is 7.28. The van der Waals surface area contributed by atoms with E-state index in [1.165, 1.54) is 6.42 Å². The van der Waals surface area contributed by atoms with Crippen molar-refractivity contribution in [3.05, 3.63) is 18.3 Å². The predicted octanol–water partition coefficient (Wildman–Crippen LogP) is 2.23. The topological polar surface area (TPSA) is 71.1 Å². The van der Waals surface area contributed by atoms with Gasteiger partial charge in [0.1, 0.15) is 10.7 Å². The third kappa shape index (κ3) is 3.12. The summed E-state index contributed by atoms with van der Waals surface area (Å²) in [6.07, 6.45) is 4.73. The maximum absolute atomic E-state index is 12.5. The van der Waals surface area contributed by atoms with Crippen molar-refractivity contribution in [1.29, 1.82) is 0 Å². The molecule has 2 N–H and O–H groups in total. The van der Waals surface area contributed by atoms with E-state index in [9.17, 15) is 8.42 Å². The first kappa shape index (κ1) is 15.3. The highest BCUT2D eigenvalue weighted by molar-refractivity contribution is 7.89. The number of hydrogen-bond acceptors (Lipinski definition) is 4. The number of nitrogens with one attached hydrogen (secondary N) is 2. The number of aromatic nitrogens is 1. The minimum atomic E-state index is -3.53. The van der Waals surface area contributed by atoms with Crippen molar-refractivity contribution in [3.63, 3.8) is 0 Å². The Bertz CT molecular complexity index is 559. The van der Waals surface area contributed by atoms with Gasteiger partial charge in [-0.05, 0) is 30.4 Å². The molecule has 3 unspecified atom stereocenters. The van der Waals surface area contributed by atoms with Gasteiger partial charge in [0.25, 0.3) is 0 Å². The summed E-state index contributed by atoms with van der Waals surface area (Å²) in [5, 5.41) is 2.83. The number of nitrogens with zero attached hydrogens (tertiary/aromatic N) is 1. The molecule has 1 saturated carbocycles. The summed E-state index contributed by atoms with van der Waals surface area (Å²) >= 11 is 0. The molecule has 0 aliphatic heterocycles. The van der Waals surface area contributed by atoms with Crippen LogP contribution in [0.15, 0.2) is 23.2 Å². The third-order valence-corrected chi connectivity index (χ3v) is 5.83. The fourth-order valence-corrected chi connectivity index (χ4v) is 4.33. The van der Waals surface area contributed by atoms with Crippen molar-refractivity contribution < 1.29 is 8.42 Å². The van der Waals surface area contributed by atoms with E-state index < -0.39 is 10.0 Å². The van der Waals surface area contributed by atoms with Gasteiger partial charge in [-0.1, -0.05) is 26.7 Å². The summed E-state index contributed by atoms with van der Waals surface area (Å²) in [5.41, 5.74) is 0. The summed E-state index contributed by atoms with van der Waals surface area (Å²) in [6.45, 7) is 4.31. The van der Waals surface area contributed by atoms with Gasteiger partial charge in [0.2, 0.25) is 10.0 Å². The van der Waals surface area contributed by atoms with E-state index in [1.54, 1.807) is 25.4 Å². The summed E-state index contributed by atoms with van der Waals surface area (Å²) in [6, 6.07) is 3.23. The molecule has 6 heteroatoms. The maximum Gasteiger partial charge on any atom is 0.244 e. The minimum Gasteiger partial charge on any atom is -0.372 e. The number of sulfonamides is 1. The van der Waals surface area contributed by atoms with Crippen LogP contribution in [-0.4, -0.2) is 26.5 Å². The van der Waals surface area contributed by atoms with E-state index in [2.05, 4.69) is 28.9 Å². The van der Waals surface area contributed by atoms with Gasteiger partial charge in [-0.15, -0.1) is 0 Å². The van der Waals surface area contributed by atoms with Gasteiger partial charge < -0.3 is 5.32 Å². The lowest BCUT2D eigenvalue weighted by molar-refractivity contribution is 0.227. The van der Waals surface area contributed by atoms with Crippen LogP contribution in [0.4, 0.5) is 5.82 Å². The van der Waals surface area contributed by atoms with Gasteiger partial charge in [0.05, 0.1) is 0 Å². The van der Waals surface area contributed by atoms with E-state index in [4.69, 9.17) is 0 Å². The van der Waals surface area contributed by atoms with Crippen LogP contribution in [0.3, 0.4) is 0 Å². The van der Waals surface area contributed by atoms with Crippen LogP contribution in [0, 0.1) is 11.8 Å². The smallest absolute Gasteiger partial charge is 0.244 e. The van der Waals surface area contributed by atoms with Gasteiger partial charge in [0.15, 0.2) is 0 Å². The molecule has 1 aromatic rings. The molecule has 5 nitrogen and oxygen atoms in total. The number of pyridine rings is 1. The highest BCUT2D eigenvalue weighted by Crippen LogP contribution is 2.31. The van der Waals surface area contributed by atoms with Gasteiger partial charge >= 0.3 is 0 Å². The first-order valence-corrected chi connectivity index (χ1v) is 8.59. The lowest BCUT2D eigenvalue weighted by atomic mass is 9.78. The van der Waals surface area contributed by atoms with Crippen molar-refractivity contribution in [2.45, 2.75) is 44.0 Å². The first-order chi connectivity index (χ1) is 9.45. The quantitative estimate of drug-likeness (QED) is 0.894. The van der Waals surface area contributed by atoms with Gasteiger partial charge in [-0.3, -0.25) is 0 Å². The molecule has 112 valence electrons. The van der Waals surface area contributed by atoms with Crippen LogP contribution in [0.2, 0.25) is 0 Å². The van der Waals surface area contributed by atoms with Crippen molar-refractivity contribution in [2.75, 3.05) is 12.4 Å². The first-order valence-electron chi connectivity index (χ1n) is 7.11. The van der Waals surface area contributed by atoms with Crippen LogP contribution < -0.4 is 10.0 Å². The molecule has 0 bridgehead atoms. The molecule has 0 radical (unpaired) electrons. The van der Waals surface area contributed by atoms with Crippen LogP contribution in [0.5, 0.6) is 0 Å². The lowest BCUT2D eigenvalue weighted by Gasteiger charge is -2.34. The Morgan fingerprint density at radius 2 is 2.05 bits per heavy atom. The molecule has 1 aromatic heterocycles. The molecule has 1 aliphatic rings. The van der Waals surface area contributed by atoms with E-state index in [0.717, 1.165) is 12.8 Å². The second-order valence-electron chi connectivity index (χ2n) is 5.60.